The van der Waals surface area contributed by atoms with E-state index in [0.29, 0.717) is 18.2 Å². The molecule has 3 nitrogen and oxygen atoms in total. The lowest BCUT2D eigenvalue weighted by molar-refractivity contribution is 0.209. The van der Waals surface area contributed by atoms with E-state index in [1.807, 2.05) is 60.7 Å². The Balaban J connectivity index is 1.90. The van der Waals surface area contributed by atoms with Gasteiger partial charge in [0.05, 0.1) is 11.3 Å². The standard InChI is InChI=1S/C31H38ClNO2Si/c1-30(2,3)36(6,7)35-23-31(4,5)21-20-27-28(33-26-18-16-25(32)17-19-26)14-11-15-29(27)34-22-24-12-9-8-10-13-24/h8-19,33H,22-23H2,1-7H3. The van der Waals surface area contributed by atoms with Crippen LogP contribution in [0.1, 0.15) is 45.7 Å². The third kappa shape index (κ3) is 7.90. The smallest absolute Gasteiger partial charge is 0.192 e. The van der Waals surface area contributed by atoms with Gasteiger partial charge in [0, 0.05) is 22.7 Å². The fourth-order valence-electron chi connectivity index (χ4n) is 3.15. The fraction of sp³-hybridized carbons (Fsp3) is 0.355. The topological polar surface area (TPSA) is 30.5 Å². The minimum atomic E-state index is -1.87. The van der Waals surface area contributed by atoms with Crippen LogP contribution in [-0.2, 0) is 11.0 Å². The molecule has 0 saturated carbocycles. The minimum Gasteiger partial charge on any atom is -0.488 e. The predicted molar refractivity (Wildman–Crippen MR) is 156 cm³/mol. The van der Waals surface area contributed by atoms with Crippen LogP contribution in [0.4, 0.5) is 11.4 Å². The summed E-state index contributed by atoms with van der Waals surface area (Å²) in [6, 6.07) is 23.8. The quantitative estimate of drug-likeness (QED) is 0.238. The maximum absolute atomic E-state index is 6.50. The molecule has 0 bridgehead atoms. The predicted octanol–water partition coefficient (Wildman–Crippen LogP) is 9.06. The molecule has 0 radical (unpaired) electrons. The second-order valence-corrected chi connectivity index (χ2v) is 16.5. The van der Waals surface area contributed by atoms with E-state index in [9.17, 15) is 0 Å². The maximum Gasteiger partial charge on any atom is 0.192 e. The van der Waals surface area contributed by atoms with Crippen molar-refractivity contribution in [3.8, 4) is 17.6 Å². The fourth-order valence-corrected chi connectivity index (χ4v) is 4.43. The van der Waals surface area contributed by atoms with Crippen molar-refractivity contribution >= 4 is 31.3 Å². The van der Waals surface area contributed by atoms with E-state index in [1.54, 1.807) is 0 Å². The molecule has 0 amide bonds. The van der Waals surface area contributed by atoms with Gasteiger partial charge in [-0.15, -0.1) is 0 Å². The minimum absolute atomic E-state index is 0.157. The summed E-state index contributed by atoms with van der Waals surface area (Å²) in [5, 5.41) is 4.34. The number of hydrogen-bond donors (Lipinski definition) is 1. The van der Waals surface area contributed by atoms with Crippen molar-refractivity contribution < 1.29 is 9.16 Å². The second kappa shape index (κ2) is 11.6. The molecule has 0 aliphatic rings. The Bertz CT molecular complexity index is 1200. The lowest BCUT2D eigenvalue weighted by Gasteiger charge is -2.38. The number of nitrogens with one attached hydrogen (secondary N) is 1. The summed E-state index contributed by atoms with van der Waals surface area (Å²) in [5.74, 6) is 7.66. The maximum atomic E-state index is 6.50. The number of halogens is 1. The zero-order valence-electron chi connectivity index (χ0n) is 22.5. The third-order valence-electron chi connectivity index (χ3n) is 6.51. The molecule has 3 aromatic rings. The molecule has 0 atom stereocenters. The molecule has 0 fully saturated rings. The number of benzene rings is 3. The van der Waals surface area contributed by atoms with Crippen LogP contribution in [0.2, 0.25) is 23.2 Å². The van der Waals surface area contributed by atoms with Crippen molar-refractivity contribution in [2.75, 3.05) is 11.9 Å². The first-order valence-electron chi connectivity index (χ1n) is 12.4. The van der Waals surface area contributed by atoms with Gasteiger partial charge < -0.3 is 14.5 Å². The van der Waals surface area contributed by atoms with Crippen LogP contribution in [0.15, 0.2) is 72.8 Å². The van der Waals surface area contributed by atoms with Gasteiger partial charge in [0.15, 0.2) is 8.32 Å². The van der Waals surface area contributed by atoms with Gasteiger partial charge in [0.1, 0.15) is 12.4 Å². The Labute approximate surface area is 223 Å². The Morgan fingerprint density at radius 2 is 1.53 bits per heavy atom. The molecule has 190 valence electrons. The van der Waals surface area contributed by atoms with E-state index in [4.69, 9.17) is 20.8 Å². The Kier molecular flexibility index (Phi) is 8.95. The average molecular weight is 520 g/mol. The van der Waals surface area contributed by atoms with Crippen LogP contribution in [-0.4, -0.2) is 14.9 Å². The van der Waals surface area contributed by atoms with Crippen molar-refractivity contribution in [3.63, 3.8) is 0 Å². The molecule has 0 spiro atoms. The van der Waals surface area contributed by atoms with Crippen LogP contribution in [0.3, 0.4) is 0 Å². The van der Waals surface area contributed by atoms with Gasteiger partial charge in [-0.3, -0.25) is 0 Å². The van der Waals surface area contributed by atoms with Gasteiger partial charge in [0.25, 0.3) is 0 Å². The van der Waals surface area contributed by atoms with E-state index in [2.05, 4.69) is 77.0 Å². The van der Waals surface area contributed by atoms with E-state index in [0.717, 1.165) is 28.3 Å². The van der Waals surface area contributed by atoms with Crippen molar-refractivity contribution in [1.29, 1.82) is 0 Å². The first kappa shape index (κ1) is 27.9. The molecule has 0 unspecified atom stereocenters. The van der Waals surface area contributed by atoms with Crippen molar-refractivity contribution in [2.24, 2.45) is 5.41 Å². The molecule has 0 aliphatic heterocycles. The summed E-state index contributed by atoms with van der Waals surface area (Å²) < 4.78 is 12.8. The van der Waals surface area contributed by atoms with E-state index in [-0.39, 0.29) is 10.5 Å². The van der Waals surface area contributed by atoms with Crippen LogP contribution in [0.25, 0.3) is 0 Å². The van der Waals surface area contributed by atoms with Gasteiger partial charge in [-0.2, -0.15) is 0 Å². The zero-order valence-corrected chi connectivity index (χ0v) is 24.3. The van der Waals surface area contributed by atoms with Gasteiger partial charge in [-0.1, -0.05) is 80.6 Å². The van der Waals surface area contributed by atoms with Crippen LogP contribution < -0.4 is 10.1 Å². The molecule has 3 rings (SSSR count). The first-order valence-corrected chi connectivity index (χ1v) is 15.6. The van der Waals surface area contributed by atoms with E-state index < -0.39 is 8.32 Å². The molecule has 0 heterocycles. The number of ether oxygens (including phenoxy) is 1. The summed E-state index contributed by atoms with van der Waals surface area (Å²) in [4.78, 5) is 0. The summed E-state index contributed by atoms with van der Waals surface area (Å²) in [5.41, 5.74) is 3.43. The third-order valence-corrected chi connectivity index (χ3v) is 11.2. The molecular weight excluding hydrogens is 482 g/mol. The molecule has 0 aliphatic carbocycles. The lowest BCUT2D eigenvalue weighted by Crippen LogP contribution is -2.42. The highest BCUT2D eigenvalue weighted by Crippen LogP contribution is 2.37. The van der Waals surface area contributed by atoms with Gasteiger partial charge in [0.2, 0.25) is 0 Å². The first-order chi connectivity index (χ1) is 16.9. The summed E-state index contributed by atoms with van der Waals surface area (Å²) >= 11 is 6.08. The van der Waals surface area contributed by atoms with Gasteiger partial charge in [-0.05, 0) is 73.9 Å². The van der Waals surface area contributed by atoms with Crippen LogP contribution in [0, 0.1) is 17.3 Å². The highest BCUT2D eigenvalue weighted by molar-refractivity contribution is 6.74. The SMILES string of the molecule is CC(C)(C#Cc1c(Nc2ccc(Cl)cc2)cccc1OCc1ccccc1)CO[Si](C)(C)C(C)(C)C. The number of anilines is 2. The average Bonchev–Trinajstić information content (AvgIpc) is 2.82. The Morgan fingerprint density at radius 1 is 0.861 bits per heavy atom. The monoisotopic (exact) mass is 519 g/mol. The number of rotatable bonds is 8. The van der Waals surface area contributed by atoms with Gasteiger partial charge >= 0.3 is 0 Å². The molecule has 1 N–H and O–H groups in total. The van der Waals surface area contributed by atoms with Crippen molar-refractivity contribution in [3.05, 3.63) is 88.9 Å². The molecule has 0 aromatic heterocycles. The highest BCUT2D eigenvalue weighted by Gasteiger charge is 2.38. The zero-order chi connectivity index (χ0) is 26.4. The van der Waals surface area contributed by atoms with Crippen molar-refractivity contribution in [2.45, 2.75) is 59.4 Å². The molecule has 5 heteroatoms. The lowest BCUT2D eigenvalue weighted by atomic mass is 9.95. The largest absolute Gasteiger partial charge is 0.488 e. The van der Waals surface area contributed by atoms with Gasteiger partial charge in [-0.25, -0.2) is 0 Å². The highest BCUT2D eigenvalue weighted by atomic mass is 35.5. The molecule has 3 aromatic carbocycles. The Hall–Kier alpha value is -2.71. The van der Waals surface area contributed by atoms with E-state index >= 15 is 0 Å². The van der Waals surface area contributed by atoms with Crippen molar-refractivity contribution in [1.82, 2.24) is 0 Å². The molecule has 0 saturated heterocycles. The normalized spacial score (nSPS) is 12.0. The second-order valence-electron chi connectivity index (χ2n) is 11.3. The van der Waals surface area contributed by atoms with Crippen LogP contribution >= 0.6 is 11.6 Å². The summed E-state index contributed by atoms with van der Waals surface area (Å²) in [6.45, 7) is 16.6. The molecule has 36 heavy (non-hydrogen) atoms. The molecular formula is C31H38ClNO2Si. The van der Waals surface area contributed by atoms with Crippen LogP contribution in [0.5, 0.6) is 5.75 Å². The van der Waals surface area contributed by atoms with E-state index in [1.165, 1.54) is 0 Å². The summed E-state index contributed by atoms with van der Waals surface area (Å²) in [7, 11) is -1.87. The number of hydrogen-bond acceptors (Lipinski definition) is 3. The Morgan fingerprint density at radius 3 is 2.17 bits per heavy atom. The summed E-state index contributed by atoms with van der Waals surface area (Å²) in [6.07, 6.45) is 0.